The van der Waals surface area contributed by atoms with Gasteiger partial charge in [-0.3, -0.25) is 4.79 Å². The van der Waals surface area contributed by atoms with Crippen LogP contribution in [-0.4, -0.2) is 55.7 Å². The van der Waals surface area contributed by atoms with Crippen LogP contribution in [0.4, 0.5) is 5.82 Å². The minimum atomic E-state index is -0.627. The molecule has 0 unspecified atom stereocenters. The summed E-state index contributed by atoms with van der Waals surface area (Å²) in [5, 5.41) is 29.2. The van der Waals surface area contributed by atoms with Crippen LogP contribution in [0.1, 0.15) is 36.3 Å². The van der Waals surface area contributed by atoms with Gasteiger partial charge in [-0.15, -0.1) is 5.10 Å². The fraction of sp³-hybridized carbons (Fsp3) is 0.217. The largest absolute Gasteiger partial charge is 0.504 e. The van der Waals surface area contributed by atoms with E-state index in [0.717, 1.165) is 6.42 Å². The van der Waals surface area contributed by atoms with Gasteiger partial charge < -0.3 is 20.3 Å². The molecule has 0 bridgehead atoms. The Morgan fingerprint density at radius 1 is 1.19 bits per heavy atom. The monoisotopic (exact) mass is 492 g/mol. The number of phenols is 1. The normalized spacial score (nSPS) is 11.1. The summed E-state index contributed by atoms with van der Waals surface area (Å²) in [5.41, 5.74) is 9.75. The van der Waals surface area contributed by atoms with Crippen LogP contribution in [0.2, 0.25) is 0 Å². The number of nitrogens with two attached hydrogens (primary N) is 1. The van der Waals surface area contributed by atoms with Gasteiger partial charge in [0.2, 0.25) is 11.6 Å². The Morgan fingerprint density at radius 3 is 2.69 bits per heavy atom. The summed E-state index contributed by atoms with van der Waals surface area (Å²) < 4.78 is 16.9. The lowest BCUT2D eigenvalue weighted by Crippen LogP contribution is -2.19. The van der Waals surface area contributed by atoms with E-state index >= 15 is 0 Å². The minimum Gasteiger partial charge on any atom is -0.504 e. The number of rotatable bonds is 10. The van der Waals surface area contributed by atoms with Gasteiger partial charge >= 0.3 is 0 Å². The molecule has 4 rings (SSSR count). The van der Waals surface area contributed by atoms with E-state index in [4.69, 9.17) is 15.2 Å². The van der Waals surface area contributed by atoms with E-state index in [1.54, 1.807) is 43.3 Å². The highest BCUT2D eigenvalue weighted by atomic mass is 16.6. The number of hydrogen-bond acceptors (Lipinski definition) is 11. The van der Waals surface area contributed by atoms with Crippen LogP contribution >= 0.6 is 0 Å². The van der Waals surface area contributed by atoms with Crippen molar-refractivity contribution in [1.29, 1.82) is 0 Å². The van der Waals surface area contributed by atoms with Gasteiger partial charge in [0.25, 0.3) is 5.91 Å². The Balaban J connectivity index is 1.62. The van der Waals surface area contributed by atoms with Crippen LogP contribution in [0.3, 0.4) is 0 Å². The molecule has 13 heteroatoms. The molecule has 0 radical (unpaired) electrons. The predicted octanol–water partition coefficient (Wildman–Crippen LogP) is 2.56. The first-order valence-electron chi connectivity index (χ1n) is 11.1. The second-order valence-corrected chi connectivity index (χ2v) is 7.40. The second-order valence-electron chi connectivity index (χ2n) is 7.40. The van der Waals surface area contributed by atoms with Crippen molar-refractivity contribution in [1.82, 2.24) is 30.7 Å². The van der Waals surface area contributed by atoms with Crippen LogP contribution in [0.25, 0.3) is 17.1 Å². The number of ether oxygens (including phenoxy) is 2. The van der Waals surface area contributed by atoms with Crippen molar-refractivity contribution >= 4 is 17.9 Å². The Labute approximate surface area is 205 Å². The van der Waals surface area contributed by atoms with Gasteiger partial charge in [0.15, 0.2) is 17.2 Å². The van der Waals surface area contributed by atoms with Gasteiger partial charge in [-0.05, 0) is 71.7 Å². The van der Waals surface area contributed by atoms with Gasteiger partial charge in [0.1, 0.15) is 11.4 Å². The fourth-order valence-corrected chi connectivity index (χ4v) is 3.21. The highest BCUT2D eigenvalue weighted by Crippen LogP contribution is 2.28. The van der Waals surface area contributed by atoms with Crippen LogP contribution in [0.15, 0.2) is 52.2 Å². The number of carbonyl (C=O) groups excluding carboxylic acids is 1. The van der Waals surface area contributed by atoms with Crippen molar-refractivity contribution in [3.8, 4) is 34.3 Å². The molecule has 0 fully saturated rings. The van der Waals surface area contributed by atoms with Crippen LogP contribution in [0.5, 0.6) is 17.2 Å². The Morgan fingerprint density at radius 2 is 2.00 bits per heavy atom. The lowest BCUT2D eigenvalue weighted by atomic mass is 10.1. The van der Waals surface area contributed by atoms with Crippen LogP contribution in [-0.2, 0) is 0 Å². The molecule has 1 amide bonds. The van der Waals surface area contributed by atoms with E-state index in [1.807, 2.05) is 6.92 Å². The second kappa shape index (κ2) is 11.0. The Hall–Kier alpha value is -4.94. The smallest absolute Gasteiger partial charge is 0.294 e. The first-order valence-corrected chi connectivity index (χ1v) is 11.1. The third-order valence-corrected chi connectivity index (χ3v) is 4.85. The molecule has 4 N–H and O–H groups in total. The summed E-state index contributed by atoms with van der Waals surface area (Å²) in [5.74, 6) is 0.427. The number of phenolic OH excluding ortho intramolecular Hbond substituents is 1. The zero-order valence-electron chi connectivity index (χ0n) is 19.6. The van der Waals surface area contributed by atoms with Crippen LogP contribution in [0, 0.1) is 0 Å². The highest BCUT2D eigenvalue weighted by molar-refractivity contribution is 5.98. The number of nitrogens with zero attached hydrogens (tertiary/aromatic N) is 6. The molecule has 0 aliphatic heterocycles. The van der Waals surface area contributed by atoms with Crippen molar-refractivity contribution in [2.24, 2.45) is 5.10 Å². The summed E-state index contributed by atoms with van der Waals surface area (Å²) in [4.78, 5) is 13.0. The average Bonchev–Trinajstić information content (AvgIpc) is 3.51. The van der Waals surface area contributed by atoms with Crippen molar-refractivity contribution in [3.63, 3.8) is 0 Å². The number of aromatic nitrogens is 5. The summed E-state index contributed by atoms with van der Waals surface area (Å²) in [6, 6.07) is 11.8. The number of benzene rings is 2. The lowest BCUT2D eigenvalue weighted by Gasteiger charge is -2.08. The Bertz CT molecular complexity index is 1360. The van der Waals surface area contributed by atoms with E-state index in [9.17, 15) is 9.90 Å². The van der Waals surface area contributed by atoms with Crippen molar-refractivity contribution in [2.45, 2.75) is 20.3 Å². The number of hydrazone groups is 1. The molecule has 0 saturated carbocycles. The molecule has 4 aromatic rings. The molecule has 2 aromatic heterocycles. The topological polar surface area (TPSA) is 176 Å². The maximum atomic E-state index is 13.0. The number of carbonyl (C=O) groups is 1. The molecule has 0 atom stereocenters. The maximum Gasteiger partial charge on any atom is 0.294 e. The van der Waals surface area contributed by atoms with Gasteiger partial charge in [0.05, 0.1) is 19.4 Å². The van der Waals surface area contributed by atoms with Crippen molar-refractivity contribution in [3.05, 3.63) is 53.7 Å². The predicted molar refractivity (Wildman–Crippen MR) is 129 cm³/mol. The number of nitrogens with one attached hydrogen (secondary N) is 1. The first kappa shape index (κ1) is 24.2. The zero-order chi connectivity index (χ0) is 25.5. The van der Waals surface area contributed by atoms with Crippen molar-refractivity contribution < 1.29 is 24.0 Å². The maximum absolute atomic E-state index is 13.0. The van der Waals surface area contributed by atoms with Gasteiger partial charge in [0, 0.05) is 5.56 Å². The molecule has 2 heterocycles. The van der Waals surface area contributed by atoms with Gasteiger partial charge in [-0.2, -0.15) is 9.78 Å². The summed E-state index contributed by atoms with van der Waals surface area (Å²) in [6.45, 7) is 4.79. The van der Waals surface area contributed by atoms with Gasteiger partial charge in [-0.1, -0.05) is 12.1 Å². The quantitative estimate of drug-likeness (QED) is 0.220. The average molecular weight is 492 g/mol. The first-order chi connectivity index (χ1) is 17.5. The molecule has 0 spiro atoms. The van der Waals surface area contributed by atoms with E-state index in [0.29, 0.717) is 41.5 Å². The molecule has 2 aromatic carbocycles. The van der Waals surface area contributed by atoms with Crippen LogP contribution < -0.4 is 20.6 Å². The molecular weight excluding hydrogens is 468 g/mol. The number of nitrogen functional groups attached to an aromatic ring is 1. The Kier molecular flexibility index (Phi) is 7.39. The van der Waals surface area contributed by atoms with E-state index < -0.39 is 5.91 Å². The van der Waals surface area contributed by atoms with E-state index in [2.05, 4.69) is 35.8 Å². The van der Waals surface area contributed by atoms with E-state index in [1.165, 1.54) is 17.0 Å². The molecular formula is C23H24N8O5. The molecule has 13 nitrogen and oxygen atoms in total. The number of anilines is 1. The SMILES string of the molecule is CCCOc1ccc(-c2c(C(=O)N/N=C\c3ccc(O)c(OCC)c3)nnn2-c2nonc2N)cc1. The molecule has 186 valence electrons. The summed E-state index contributed by atoms with van der Waals surface area (Å²) in [7, 11) is 0. The molecule has 0 saturated heterocycles. The third-order valence-electron chi connectivity index (χ3n) is 4.85. The van der Waals surface area contributed by atoms with E-state index in [-0.39, 0.29) is 23.1 Å². The summed E-state index contributed by atoms with van der Waals surface area (Å²) >= 11 is 0. The number of aromatic hydroxyl groups is 1. The van der Waals surface area contributed by atoms with Gasteiger partial charge in [-0.25, -0.2) is 10.1 Å². The van der Waals surface area contributed by atoms with Crippen molar-refractivity contribution in [2.75, 3.05) is 18.9 Å². The number of hydrogen-bond donors (Lipinski definition) is 3. The highest BCUT2D eigenvalue weighted by Gasteiger charge is 2.25. The zero-order valence-corrected chi connectivity index (χ0v) is 19.6. The standard InChI is InChI=1S/C23H24N8O5/c1-3-11-35-16-8-6-15(7-9-16)20-19(26-30-31(20)22-21(24)28-36-29-22)23(33)27-25-13-14-5-10-17(32)18(12-14)34-4-2/h5-10,12-13,32H,3-4,11H2,1-2H3,(H2,24,28)(H,27,33)/b25-13-. The number of amides is 1. The minimum absolute atomic E-state index is 0.00650. The summed E-state index contributed by atoms with van der Waals surface area (Å²) in [6.07, 6.45) is 2.28. The molecule has 0 aliphatic carbocycles. The third kappa shape index (κ3) is 5.24. The lowest BCUT2D eigenvalue weighted by molar-refractivity contribution is 0.0950. The molecule has 0 aliphatic rings. The molecule has 36 heavy (non-hydrogen) atoms. The fourth-order valence-electron chi connectivity index (χ4n) is 3.21.